The van der Waals surface area contributed by atoms with E-state index in [-0.39, 0.29) is 0 Å². The van der Waals surface area contributed by atoms with Gasteiger partial charge in [-0.3, -0.25) is 0 Å². The van der Waals surface area contributed by atoms with Crippen LogP contribution in [-0.2, 0) is 0 Å². The summed E-state index contributed by atoms with van der Waals surface area (Å²) in [6, 6.07) is 10.5. The van der Waals surface area contributed by atoms with E-state index in [9.17, 15) is 0 Å². The van der Waals surface area contributed by atoms with Crippen LogP contribution in [-0.4, -0.2) is 17.6 Å². The first-order valence-corrected chi connectivity index (χ1v) is 6.10. The van der Waals surface area contributed by atoms with Crippen molar-refractivity contribution in [2.45, 2.75) is 32.9 Å². The Bertz CT molecular complexity index is 345. The van der Waals surface area contributed by atoms with Crippen LogP contribution >= 0.6 is 0 Å². The van der Waals surface area contributed by atoms with Crippen LogP contribution in [0, 0.1) is 0 Å². The molecule has 16 heavy (non-hydrogen) atoms. The molecule has 1 atom stereocenters. The number of benzene rings is 1. The summed E-state index contributed by atoms with van der Waals surface area (Å²) in [5, 5.41) is 0. The summed E-state index contributed by atoms with van der Waals surface area (Å²) in [4.78, 5) is 4.71. The number of hydrogen-bond donors (Lipinski definition) is 0. The van der Waals surface area contributed by atoms with Gasteiger partial charge in [-0.1, -0.05) is 31.5 Å². The normalized spacial score (nSPS) is 19.5. The molecular formula is C14H20N2. The third-order valence-corrected chi connectivity index (χ3v) is 3.13. The molecule has 0 radical (unpaired) electrons. The summed E-state index contributed by atoms with van der Waals surface area (Å²) in [6.45, 7) is 5.64. The highest BCUT2D eigenvalue weighted by Gasteiger charge is 2.21. The van der Waals surface area contributed by atoms with Crippen molar-refractivity contribution in [2.75, 3.05) is 11.4 Å². The summed E-state index contributed by atoms with van der Waals surface area (Å²) in [7, 11) is 0. The summed E-state index contributed by atoms with van der Waals surface area (Å²) >= 11 is 0. The van der Waals surface area contributed by atoms with E-state index >= 15 is 0 Å². The van der Waals surface area contributed by atoms with Crippen LogP contribution in [0.15, 0.2) is 42.7 Å². The molecule has 0 aliphatic carbocycles. The molecule has 2 rings (SSSR count). The SMILES string of the molecule is CCCCN1C=CN(c2ccccc2)C1C. The molecule has 1 aliphatic rings. The van der Waals surface area contributed by atoms with Gasteiger partial charge in [0.1, 0.15) is 6.17 Å². The molecule has 0 aromatic heterocycles. The first kappa shape index (κ1) is 11.1. The van der Waals surface area contributed by atoms with Crippen LogP contribution in [0.1, 0.15) is 26.7 Å². The molecule has 1 aromatic carbocycles. The number of anilines is 1. The van der Waals surface area contributed by atoms with Gasteiger partial charge in [0.15, 0.2) is 0 Å². The van der Waals surface area contributed by atoms with Gasteiger partial charge in [0.2, 0.25) is 0 Å². The summed E-state index contributed by atoms with van der Waals surface area (Å²) in [5.41, 5.74) is 1.27. The van der Waals surface area contributed by atoms with Gasteiger partial charge >= 0.3 is 0 Å². The van der Waals surface area contributed by atoms with Crippen molar-refractivity contribution in [1.29, 1.82) is 0 Å². The second-order valence-electron chi connectivity index (χ2n) is 4.26. The van der Waals surface area contributed by atoms with E-state index in [0.717, 1.165) is 6.54 Å². The van der Waals surface area contributed by atoms with Gasteiger partial charge in [-0.25, -0.2) is 0 Å². The predicted octanol–water partition coefficient (Wildman–Crippen LogP) is 3.43. The number of hydrogen-bond acceptors (Lipinski definition) is 2. The highest BCUT2D eigenvalue weighted by Crippen LogP contribution is 2.23. The maximum atomic E-state index is 2.40. The number of para-hydroxylation sites is 1. The van der Waals surface area contributed by atoms with Gasteiger partial charge in [-0.15, -0.1) is 0 Å². The average molecular weight is 216 g/mol. The number of unbranched alkanes of at least 4 members (excludes halogenated alkanes) is 1. The Morgan fingerprint density at radius 2 is 1.88 bits per heavy atom. The maximum Gasteiger partial charge on any atom is 0.102 e. The Balaban J connectivity index is 2.03. The standard InChI is InChI=1S/C14H20N2/c1-3-4-10-15-11-12-16(13(15)2)14-8-6-5-7-9-14/h5-9,11-13H,3-4,10H2,1-2H3. The molecule has 0 spiro atoms. The van der Waals surface area contributed by atoms with Crippen LogP contribution in [0.3, 0.4) is 0 Å². The lowest BCUT2D eigenvalue weighted by Crippen LogP contribution is -2.36. The molecule has 1 unspecified atom stereocenters. The van der Waals surface area contributed by atoms with E-state index in [1.807, 2.05) is 0 Å². The van der Waals surface area contributed by atoms with Gasteiger partial charge < -0.3 is 9.80 Å². The molecule has 0 saturated heterocycles. The Kier molecular flexibility index (Phi) is 3.50. The predicted molar refractivity (Wildman–Crippen MR) is 69.1 cm³/mol. The molecule has 1 aliphatic heterocycles. The monoisotopic (exact) mass is 216 g/mol. The van der Waals surface area contributed by atoms with Gasteiger partial charge in [0.25, 0.3) is 0 Å². The molecule has 0 N–H and O–H groups in total. The van der Waals surface area contributed by atoms with Crippen LogP contribution < -0.4 is 4.90 Å². The molecule has 0 amide bonds. The van der Waals surface area contributed by atoms with E-state index < -0.39 is 0 Å². The highest BCUT2D eigenvalue weighted by molar-refractivity contribution is 5.51. The lowest BCUT2D eigenvalue weighted by atomic mass is 10.3. The maximum absolute atomic E-state index is 2.40. The lowest BCUT2D eigenvalue weighted by Gasteiger charge is -2.29. The highest BCUT2D eigenvalue weighted by atomic mass is 15.4. The Labute approximate surface area is 98.2 Å². The molecule has 0 saturated carbocycles. The van der Waals surface area contributed by atoms with E-state index in [2.05, 4.69) is 66.4 Å². The Hall–Kier alpha value is -1.44. The average Bonchev–Trinajstić information content (AvgIpc) is 2.69. The third kappa shape index (κ3) is 2.21. The topological polar surface area (TPSA) is 6.48 Å². The van der Waals surface area contributed by atoms with Gasteiger partial charge in [-0.05, 0) is 25.5 Å². The third-order valence-electron chi connectivity index (χ3n) is 3.13. The first-order chi connectivity index (χ1) is 7.83. The zero-order valence-corrected chi connectivity index (χ0v) is 10.1. The van der Waals surface area contributed by atoms with Crippen LogP contribution in [0.25, 0.3) is 0 Å². The fraction of sp³-hybridized carbons (Fsp3) is 0.429. The molecule has 0 fully saturated rings. The molecular weight excluding hydrogens is 196 g/mol. The molecule has 86 valence electrons. The second-order valence-corrected chi connectivity index (χ2v) is 4.26. The Morgan fingerprint density at radius 3 is 2.56 bits per heavy atom. The Morgan fingerprint density at radius 1 is 1.12 bits per heavy atom. The van der Waals surface area contributed by atoms with E-state index in [4.69, 9.17) is 0 Å². The van der Waals surface area contributed by atoms with Crippen LogP contribution in [0.4, 0.5) is 5.69 Å². The van der Waals surface area contributed by atoms with Gasteiger partial charge in [0, 0.05) is 24.6 Å². The summed E-state index contributed by atoms with van der Waals surface area (Å²) in [5.74, 6) is 0. The van der Waals surface area contributed by atoms with Gasteiger partial charge in [-0.2, -0.15) is 0 Å². The minimum Gasteiger partial charge on any atom is -0.356 e. The number of rotatable bonds is 4. The fourth-order valence-corrected chi connectivity index (χ4v) is 2.07. The summed E-state index contributed by atoms with van der Waals surface area (Å²) < 4.78 is 0. The van der Waals surface area contributed by atoms with E-state index in [1.54, 1.807) is 0 Å². The smallest absolute Gasteiger partial charge is 0.102 e. The zero-order valence-electron chi connectivity index (χ0n) is 10.1. The lowest BCUT2D eigenvalue weighted by molar-refractivity contribution is 0.313. The minimum absolute atomic E-state index is 0.439. The van der Waals surface area contributed by atoms with Crippen molar-refractivity contribution < 1.29 is 0 Å². The zero-order chi connectivity index (χ0) is 11.4. The van der Waals surface area contributed by atoms with Crippen LogP contribution in [0.2, 0.25) is 0 Å². The second kappa shape index (κ2) is 5.06. The largest absolute Gasteiger partial charge is 0.356 e. The molecule has 2 heteroatoms. The van der Waals surface area contributed by atoms with Crippen molar-refractivity contribution in [3.63, 3.8) is 0 Å². The van der Waals surface area contributed by atoms with Crippen molar-refractivity contribution in [1.82, 2.24) is 4.90 Å². The quantitative estimate of drug-likeness (QED) is 0.761. The minimum atomic E-state index is 0.439. The van der Waals surface area contributed by atoms with Crippen molar-refractivity contribution in [3.8, 4) is 0 Å². The van der Waals surface area contributed by atoms with E-state index in [0.29, 0.717) is 6.17 Å². The van der Waals surface area contributed by atoms with Crippen LogP contribution in [0.5, 0.6) is 0 Å². The molecule has 2 nitrogen and oxygen atoms in total. The molecule has 0 bridgehead atoms. The molecule has 1 aromatic rings. The molecule has 1 heterocycles. The summed E-state index contributed by atoms with van der Waals surface area (Å²) in [6.07, 6.45) is 7.33. The fourth-order valence-electron chi connectivity index (χ4n) is 2.07. The number of nitrogens with zero attached hydrogens (tertiary/aromatic N) is 2. The van der Waals surface area contributed by atoms with Crippen molar-refractivity contribution in [3.05, 3.63) is 42.7 Å². The van der Waals surface area contributed by atoms with E-state index in [1.165, 1.54) is 18.5 Å². The van der Waals surface area contributed by atoms with Gasteiger partial charge in [0.05, 0.1) is 0 Å². The first-order valence-electron chi connectivity index (χ1n) is 6.10. The van der Waals surface area contributed by atoms with Crippen molar-refractivity contribution in [2.24, 2.45) is 0 Å². The van der Waals surface area contributed by atoms with Crippen molar-refractivity contribution >= 4 is 5.69 Å².